The van der Waals surface area contributed by atoms with E-state index < -0.39 is 47.7 Å². The van der Waals surface area contributed by atoms with E-state index in [0.29, 0.717) is 23.8 Å². The quantitative estimate of drug-likeness (QED) is 0.500. The number of Topliss-reactive ketones (excluding diaryl/α,β-unsaturated/α-hetero) is 1. The van der Waals surface area contributed by atoms with E-state index >= 15 is 0 Å². The summed E-state index contributed by atoms with van der Waals surface area (Å²) in [6.45, 7) is 1.50. The van der Waals surface area contributed by atoms with Crippen LogP contribution in [0.1, 0.15) is 46.9 Å². The minimum absolute atomic E-state index is 0.172. The number of halogens is 2. The molecule has 6 nitrogen and oxygen atoms in total. The summed E-state index contributed by atoms with van der Waals surface area (Å²) >= 11 is 5.91. The number of nitrogens with zero attached hydrogens (tertiary/aromatic N) is 2. The number of fused-ring (bicyclic) bond motifs is 1. The third-order valence-electron chi connectivity index (χ3n) is 6.19. The molecule has 8 heteroatoms. The smallest absolute Gasteiger partial charge is 0.273 e. The molecule has 1 saturated carbocycles. The number of hydrogen-bond acceptors (Lipinski definition) is 4. The van der Waals surface area contributed by atoms with Crippen molar-refractivity contribution in [1.82, 2.24) is 10.0 Å². The van der Waals surface area contributed by atoms with Crippen LogP contribution in [-0.2, 0) is 9.59 Å². The van der Waals surface area contributed by atoms with E-state index in [4.69, 9.17) is 11.6 Å². The molecular formula is C24H22ClFN2O4. The number of carbonyl (C=O) groups excluding carboxylic acids is 4. The lowest BCUT2D eigenvalue weighted by Crippen LogP contribution is -2.52. The molecule has 1 saturated heterocycles. The van der Waals surface area contributed by atoms with Crippen LogP contribution in [0.4, 0.5) is 4.39 Å². The second-order valence-corrected chi connectivity index (χ2v) is 8.86. The highest BCUT2D eigenvalue weighted by atomic mass is 35.5. The minimum atomic E-state index is -0.662. The summed E-state index contributed by atoms with van der Waals surface area (Å²) in [7, 11) is 0. The van der Waals surface area contributed by atoms with E-state index in [1.165, 1.54) is 36.4 Å². The zero-order chi connectivity index (χ0) is 23.0. The van der Waals surface area contributed by atoms with Gasteiger partial charge in [0.1, 0.15) is 12.4 Å². The Bertz CT molecular complexity index is 1070. The summed E-state index contributed by atoms with van der Waals surface area (Å²) in [6, 6.07) is 10.9. The van der Waals surface area contributed by atoms with Gasteiger partial charge in [-0.25, -0.2) is 9.40 Å². The van der Waals surface area contributed by atoms with Crippen molar-refractivity contribution >= 4 is 35.1 Å². The minimum Gasteiger partial charge on any atom is -0.292 e. The van der Waals surface area contributed by atoms with Crippen LogP contribution in [0.15, 0.2) is 48.5 Å². The van der Waals surface area contributed by atoms with Crippen molar-refractivity contribution < 1.29 is 23.6 Å². The Kier molecular flexibility index (Phi) is 6.11. The molecule has 32 heavy (non-hydrogen) atoms. The highest BCUT2D eigenvalue weighted by Crippen LogP contribution is 2.41. The van der Waals surface area contributed by atoms with Gasteiger partial charge in [0.2, 0.25) is 0 Å². The van der Waals surface area contributed by atoms with E-state index in [9.17, 15) is 23.6 Å². The van der Waals surface area contributed by atoms with Gasteiger partial charge < -0.3 is 0 Å². The van der Waals surface area contributed by atoms with Gasteiger partial charge in [0, 0.05) is 16.1 Å². The van der Waals surface area contributed by atoms with Gasteiger partial charge in [-0.2, -0.15) is 5.01 Å². The highest BCUT2D eigenvalue weighted by Gasteiger charge is 2.52. The number of imide groups is 1. The molecule has 1 aliphatic carbocycles. The molecule has 2 fully saturated rings. The molecule has 2 aliphatic rings. The lowest BCUT2D eigenvalue weighted by molar-refractivity contribution is -0.154. The fourth-order valence-corrected chi connectivity index (χ4v) is 4.57. The second-order valence-electron chi connectivity index (χ2n) is 8.42. The number of ketones is 1. The molecule has 166 valence electrons. The molecular weight excluding hydrogens is 435 g/mol. The molecule has 4 rings (SSSR count). The number of rotatable bonds is 5. The predicted octanol–water partition coefficient (Wildman–Crippen LogP) is 4.14. The Balaban J connectivity index is 1.68. The number of hydrogen-bond donors (Lipinski definition) is 0. The molecule has 0 bridgehead atoms. The average molecular weight is 457 g/mol. The summed E-state index contributed by atoms with van der Waals surface area (Å²) in [5, 5.41) is 2.19. The number of benzene rings is 2. The Morgan fingerprint density at radius 2 is 1.56 bits per heavy atom. The largest absolute Gasteiger partial charge is 0.292 e. The zero-order valence-electron chi connectivity index (χ0n) is 17.5. The van der Waals surface area contributed by atoms with E-state index in [-0.39, 0.29) is 11.1 Å². The van der Waals surface area contributed by atoms with Crippen LogP contribution >= 0.6 is 11.6 Å². The van der Waals surface area contributed by atoms with Crippen LogP contribution in [0.25, 0.3) is 0 Å². The first-order valence-corrected chi connectivity index (χ1v) is 10.9. The normalized spacial score (nSPS) is 22.6. The fraction of sp³-hybridized carbons (Fsp3) is 0.333. The number of amides is 3. The number of hydrazine groups is 1. The fourth-order valence-electron chi connectivity index (χ4n) is 4.45. The summed E-state index contributed by atoms with van der Waals surface area (Å²) < 4.78 is 13.3. The van der Waals surface area contributed by atoms with Crippen molar-refractivity contribution in [2.75, 3.05) is 6.54 Å². The first-order chi connectivity index (χ1) is 15.3. The third kappa shape index (κ3) is 4.17. The zero-order valence-corrected chi connectivity index (χ0v) is 18.2. The maximum atomic E-state index is 13.3. The van der Waals surface area contributed by atoms with Gasteiger partial charge >= 0.3 is 0 Å². The monoisotopic (exact) mass is 456 g/mol. The van der Waals surface area contributed by atoms with Gasteiger partial charge in [-0.15, -0.1) is 0 Å². The Morgan fingerprint density at radius 3 is 2.22 bits per heavy atom. The van der Waals surface area contributed by atoms with Gasteiger partial charge in [0.05, 0.1) is 11.8 Å². The summed E-state index contributed by atoms with van der Waals surface area (Å²) in [5.74, 6) is -3.27. The first kappa shape index (κ1) is 22.1. The van der Waals surface area contributed by atoms with Gasteiger partial charge in [-0.3, -0.25) is 19.2 Å². The van der Waals surface area contributed by atoms with Gasteiger partial charge in [-0.05, 0) is 73.7 Å². The summed E-state index contributed by atoms with van der Waals surface area (Å²) in [6.07, 6.45) is 1.97. The van der Waals surface area contributed by atoms with Crippen LogP contribution in [0, 0.1) is 23.6 Å². The van der Waals surface area contributed by atoms with Crippen molar-refractivity contribution in [3.05, 3.63) is 70.5 Å². The van der Waals surface area contributed by atoms with E-state index in [2.05, 4.69) is 0 Å². The van der Waals surface area contributed by atoms with Crippen LogP contribution in [0.2, 0.25) is 5.02 Å². The average Bonchev–Trinajstić information content (AvgIpc) is 3.02. The SMILES string of the molecule is C[C@@H]1CC[C@@H]2C(=O)N(N(CC(=O)c3ccc(F)cc3)C(=O)c3ccc(Cl)cc3)C(=O)[C@@H]2C1. The summed E-state index contributed by atoms with van der Waals surface area (Å²) in [4.78, 5) is 52.7. The van der Waals surface area contributed by atoms with E-state index in [0.717, 1.165) is 28.6 Å². The van der Waals surface area contributed by atoms with Crippen molar-refractivity contribution in [3.63, 3.8) is 0 Å². The third-order valence-corrected chi connectivity index (χ3v) is 6.44. The molecule has 3 atom stereocenters. The molecule has 0 aromatic heterocycles. The summed E-state index contributed by atoms with van der Waals surface area (Å²) in [5.41, 5.74) is 0.357. The maximum Gasteiger partial charge on any atom is 0.273 e. The van der Waals surface area contributed by atoms with Crippen molar-refractivity contribution in [2.45, 2.75) is 26.2 Å². The first-order valence-electron chi connectivity index (χ1n) is 10.5. The molecule has 1 aliphatic heterocycles. The molecule has 2 aromatic carbocycles. The molecule has 0 N–H and O–H groups in total. The topological polar surface area (TPSA) is 74.8 Å². The molecule has 3 amide bonds. The molecule has 1 heterocycles. The van der Waals surface area contributed by atoms with Gasteiger partial charge in [0.15, 0.2) is 5.78 Å². The second kappa shape index (κ2) is 8.82. The van der Waals surface area contributed by atoms with Crippen LogP contribution in [-0.4, -0.2) is 40.1 Å². The Morgan fingerprint density at radius 1 is 0.969 bits per heavy atom. The van der Waals surface area contributed by atoms with Crippen molar-refractivity contribution in [1.29, 1.82) is 0 Å². The molecule has 0 radical (unpaired) electrons. The van der Waals surface area contributed by atoms with Crippen LogP contribution in [0.5, 0.6) is 0 Å². The lowest BCUT2D eigenvalue weighted by Gasteiger charge is -2.30. The Labute approximate surface area is 189 Å². The van der Waals surface area contributed by atoms with E-state index in [1.54, 1.807) is 0 Å². The highest BCUT2D eigenvalue weighted by molar-refractivity contribution is 6.30. The Hall–Kier alpha value is -3.06. The molecule has 0 spiro atoms. The maximum absolute atomic E-state index is 13.3. The molecule has 2 aromatic rings. The van der Waals surface area contributed by atoms with Gasteiger partial charge in [-0.1, -0.05) is 18.5 Å². The number of carbonyl (C=O) groups is 4. The van der Waals surface area contributed by atoms with Crippen molar-refractivity contribution in [3.8, 4) is 0 Å². The van der Waals surface area contributed by atoms with Crippen molar-refractivity contribution in [2.24, 2.45) is 17.8 Å². The molecule has 0 unspecified atom stereocenters. The standard InChI is InChI=1S/C24H22ClFN2O4/c1-14-2-11-19-20(12-14)24(32)28(23(19)31)27(22(30)16-3-7-17(25)8-4-16)13-21(29)15-5-9-18(26)10-6-15/h3-10,14,19-20H,2,11-13H2,1H3/t14-,19+,20-/m1/s1. The lowest BCUT2D eigenvalue weighted by atomic mass is 9.76. The van der Waals surface area contributed by atoms with Gasteiger partial charge in [0.25, 0.3) is 17.7 Å². The van der Waals surface area contributed by atoms with Crippen LogP contribution < -0.4 is 0 Å². The van der Waals surface area contributed by atoms with E-state index in [1.807, 2.05) is 6.92 Å². The predicted molar refractivity (Wildman–Crippen MR) is 115 cm³/mol. The van der Waals surface area contributed by atoms with Crippen LogP contribution in [0.3, 0.4) is 0 Å².